The molecule has 1 aliphatic heterocycles. The second kappa shape index (κ2) is 6.47. The Bertz CT molecular complexity index is 725. The highest BCUT2D eigenvalue weighted by atomic mass is 32.2. The highest BCUT2D eigenvalue weighted by Gasteiger charge is 2.49. The summed E-state index contributed by atoms with van der Waals surface area (Å²) in [5.74, 6) is 0.515. The second-order valence-electron chi connectivity index (χ2n) is 7.31. The molecule has 1 unspecified atom stereocenters. The van der Waals surface area contributed by atoms with Crippen molar-refractivity contribution < 1.29 is 14.3 Å². The smallest absolute Gasteiger partial charge is 0.307 e. The SMILES string of the molecule is CC(=O)OC1=C(C2=S(C)C=C(C)C=C2C)C(=O)CC12CCCCC2. The highest BCUT2D eigenvalue weighted by molar-refractivity contribution is 8.18. The summed E-state index contributed by atoms with van der Waals surface area (Å²) >= 11 is 0. The minimum absolute atomic E-state index is 0.139. The summed E-state index contributed by atoms with van der Waals surface area (Å²) in [5.41, 5.74) is 2.82. The van der Waals surface area contributed by atoms with E-state index in [0.717, 1.165) is 36.1 Å². The Kier molecular flexibility index (Phi) is 4.69. The summed E-state index contributed by atoms with van der Waals surface area (Å²) in [6, 6.07) is 0. The van der Waals surface area contributed by atoms with E-state index in [2.05, 4.69) is 31.6 Å². The van der Waals surface area contributed by atoms with Gasteiger partial charge in [-0.2, -0.15) is 10.5 Å². The zero-order chi connectivity index (χ0) is 17.5. The largest absolute Gasteiger partial charge is 0.430 e. The molecule has 24 heavy (non-hydrogen) atoms. The molecule has 0 saturated heterocycles. The summed E-state index contributed by atoms with van der Waals surface area (Å²) in [4.78, 5) is 25.8. The van der Waals surface area contributed by atoms with E-state index in [-0.39, 0.29) is 27.7 Å². The Hall–Kier alpha value is -1.42. The zero-order valence-electron chi connectivity index (χ0n) is 15.0. The fourth-order valence-corrected chi connectivity index (χ4v) is 6.26. The Labute approximate surface area is 146 Å². The summed E-state index contributed by atoms with van der Waals surface area (Å²) in [6.45, 7) is 5.59. The molecule has 130 valence electrons. The van der Waals surface area contributed by atoms with Crippen molar-refractivity contribution >= 4 is 27.1 Å². The van der Waals surface area contributed by atoms with E-state index in [4.69, 9.17) is 4.74 Å². The van der Waals surface area contributed by atoms with Crippen molar-refractivity contribution in [3.05, 3.63) is 34.0 Å². The molecular weight excluding hydrogens is 320 g/mol. The molecule has 1 heterocycles. The van der Waals surface area contributed by atoms with Crippen LogP contribution in [0.25, 0.3) is 0 Å². The summed E-state index contributed by atoms with van der Waals surface area (Å²) in [5, 5.41) is 2.21. The van der Waals surface area contributed by atoms with Gasteiger partial charge in [0.05, 0.1) is 5.57 Å². The normalized spacial score (nSPS) is 26.6. The van der Waals surface area contributed by atoms with Crippen molar-refractivity contribution in [1.82, 2.24) is 0 Å². The minimum atomic E-state index is -0.317. The number of ether oxygens (including phenoxy) is 1. The van der Waals surface area contributed by atoms with E-state index in [1.165, 1.54) is 18.9 Å². The van der Waals surface area contributed by atoms with Crippen LogP contribution in [0.1, 0.15) is 59.3 Å². The molecule has 1 saturated carbocycles. The number of hydrogen-bond donors (Lipinski definition) is 0. The van der Waals surface area contributed by atoms with Crippen LogP contribution >= 0.6 is 10.5 Å². The van der Waals surface area contributed by atoms with Gasteiger partial charge in [0.2, 0.25) is 0 Å². The number of Topliss-reactive ketones (excluding diaryl/α,β-unsaturated/α-hetero) is 1. The maximum absolute atomic E-state index is 13.0. The molecule has 3 rings (SSSR count). The predicted molar refractivity (Wildman–Crippen MR) is 100.0 cm³/mol. The lowest BCUT2D eigenvalue weighted by molar-refractivity contribution is -0.139. The maximum atomic E-state index is 13.0. The average molecular weight is 346 g/mol. The Morgan fingerprint density at radius 3 is 2.46 bits per heavy atom. The third-order valence-electron chi connectivity index (χ3n) is 5.26. The Morgan fingerprint density at radius 2 is 1.88 bits per heavy atom. The molecule has 0 N–H and O–H groups in total. The van der Waals surface area contributed by atoms with Crippen LogP contribution < -0.4 is 0 Å². The van der Waals surface area contributed by atoms with Crippen molar-refractivity contribution in [2.24, 2.45) is 5.41 Å². The first-order valence-corrected chi connectivity index (χ1v) is 10.4. The molecule has 2 aliphatic carbocycles. The van der Waals surface area contributed by atoms with E-state index in [0.29, 0.717) is 17.8 Å². The van der Waals surface area contributed by atoms with Gasteiger partial charge in [-0.3, -0.25) is 9.59 Å². The van der Waals surface area contributed by atoms with Gasteiger partial charge in [-0.1, -0.05) is 25.3 Å². The summed E-state index contributed by atoms with van der Waals surface area (Å²) in [6.07, 6.45) is 10.1. The number of allylic oxidation sites excluding steroid dienone is 5. The van der Waals surface area contributed by atoms with Crippen LogP contribution in [0.5, 0.6) is 0 Å². The lowest BCUT2D eigenvalue weighted by atomic mass is 9.72. The Balaban J connectivity index is 2.19. The van der Waals surface area contributed by atoms with Crippen molar-refractivity contribution in [1.29, 1.82) is 0 Å². The summed E-state index contributed by atoms with van der Waals surface area (Å²) in [7, 11) is -0.139. The van der Waals surface area contributed by atoms with Gasteiger partial charge in [0.25, 0.3) is 0 Å². The highest BCUT2D eigenvalue weighted by Crippen LogP contribution is 2.53. The van der Waals surface area contributed by atoms with E-state index in [1.54, 1.807) is 0 Å². The Morgan fingerprint density at radius 1 is 1.21 bits per heavy atom. The van der Waals surface area contributed by atoms with Crippen molar-refractivity contribution in [2.45, 2.75) is 59.3 Å². The molecule has 1 spiro atoms. The molecule has 3 aliphatic rings. The molecule has 1 fully saturated rings. The fourth-order valence-electron chi connectivity index (χ4n) is 4.42. The maximum Gasteiger partial charge on any atom is 0.307 e. The van der Waals surface area contributed by atoms with E-state index < -0.39 is 0 Å². The van der Waals surface area contributed by atoms with Crippen LogP contribution in [-0.4, -0.2) is 22.9 Å². The van der Waals surface area contributed by atoms with E-state index >= 15 is 0 Å². The van der Waals surface area contributed by atoms with E-state index in [1.807, 2.05) is 0 Å². The third-order valence-corrected chi connectivity index (χ3v) is 7.15. The van der Waals surface area contributed by atoms with Gasteiger partial charge in [-0.05, 0) is 49.5 Å². The van der Waals surface area contributed by atoms with Crippen molar-refractivity contribution in [3.8, 4) is 0 Å². The fraction of sp³-hybridized carbons (Fsp3) is 0.550. The lowest BCUT2D eigenvalue weighted by Gasteiger charge is -2.34. The van der Waals surface area contributed by atoms with Gasteiger partial charge >= 0.3 is 5.97 Å². The van der Waals surface area contributed by atoms with Gasteiger partial charge in [0, 0.05) is 23.6 Å². The topological polar surface area (TPSA) is 43.4 Å². The molecule has 0 bridgehead atoms. The number of esters is 1. The van der Waals surface area contributed by atoms with Crippen LogP contribution in [0.15, 0.2) is 34.0 Å². The first kappa shape index (κ1) is 17.4. The van der Waals surface area contributed by atoms with Gasteiger partial charge in [0.15, 0.2) is 5.78 Å². The number of rotatable bonds is 2. The zero-order valence-corrected chi connectivity index (χ0v) is 15.8. The monoisotopic (exact) mass is 346 g/mol. The van der Waals surface area contributed by atoms with Gasteiger partial charge in [-0.15, -0.1) is 0 Å². The van der Waals surface area contributed by atoms with Crippen LogP contribution in [0.4, 0.5) is 0 Å². The van der Waals surface area contributed by atoms with Gasteiger partial charge in [-0.25, -0.2) is 0 Å². The second-order valence-corrected chi connectivity index (χ2v) is 9.07. The number of hydrogen-bond acceptors (Lipinski definition) is 3. The molecule has 4 heteroatoms. The molecule has 0 amide bonds. The molecule has 0 aromatic rings. The number of carbonyl (C=O) groups excluding carboxylic acids is 2. The quantitative estimate of drug-likeness (QED) is 0.539. The van der Waals surface area contributed by atoms with Crippen LogP contribution in [0.3, 0.4) is 0 Å². The summed E-state index contributed by atoms with van der Waals surface area (Å²) < 4.78 is 5.72. The van der Waals surface area contributed by atoms with Crippen LogP contribution in [0.2, 0.25) is 0 Å². The number of ketones is 1. The molecule has 0 radical (unpaired) electrons. The van der Waals surface area contributed by atoms with Crippen LogP contribution in [0, 0.1) is 5.41 Å². The minimum Gasteiger partial charge on any atom is -0.430 e. The molecule has 0 aromatic carbocycles. The standard InChI is InChI=1S/C20H26O3S/c1-13-10-14(2)18(24(4)12-13)17-16(22)11-20(8-6-5-7-9-20)19(17)23-15(3)21/h10,12H,5-9,11H2,1-4H3. The molecule has 0 aromatic heterocycles. The van der Waals surface area contributed by atoms with Gasteiger partial charge < -0.3 is 4.74 Å². The lowest BCUT2D eigenvalue weighted by Crippen LogP contribution is -2.26. The van der Waals surface area contributed by atoms with Gasteiger partial charge in [0.1, 0.15) is 5.76 Å². The number of carbonyl (C=O) groups is 2. The third kappa shape index (κ3) is 2.97. The first-order chi connectivity index (χ1) is 11.3. The molecular formula is C20H26O3S. The van der Waals surface area contributed by atoms with E-state index in [9.17, 15) is 9.59 Å². The predicted octanol–water partition coefficient (Wildman–Crippen LogP) is 4.66. The molecule has 1 atom stereocenters. The molecule has 3 nitrogen and oxygen atoms in total. The van der Waals surface area contributed by atoms with Crippen molar-refractivity contribution in [3.63, 3.8) is 0 Å². The average Bonchev–Trinajstić information content (AvgIpc) is 2.71. The van der Waals surface area contributed by atoms with Crippen molar-refractivity contribution in [2.75, 3.05) is 6.26 Å². The van der Waals surface area contributed by atoms with Crippen LogP contribution in [-0.2, 0) is 14.3 Å². The first-order valence-electron chi connectivity index (χ1n) is 8.69.